The van der Waals surface area contributed by atoms with Crippen molar-refractivity contribution in [3.8, 4) is 0 Å². The van der Waals surface area contributed by atoms with Gasteiger partial charge in [-0.1, -0.05) is 34.1 Å². The number of rotatable bonds is 4. The molecule has 1 aromatic heterocycles. The number of benzene rings is 2. The van der Waals surface area contributed by atoms with Crippen LogP contribution in [0.3, 0.4) is 0 Å². The van der Waals surface area contributed by atoms with E-state index in [0.717, 1.165) is 16.5 Å². The van der Waals surface area contributed by atoms with Crippen molar-refractivity contribution in [1.82, 2.24) is 5.32 Å². The molecule has 0 aliphatic rings. The van der Waals surface area contributed by atoms with E-state index in [2.05, 4.69) is 50.9 Å². The lowest BCUT2D eigenvalue weighted by Crippen LogP contribution is -2.19. The van der Waals surface area contributed by atoms with Gasteiger partial charge in [0.2, 0.25) is 0 Å². The molecule has 108 valence electrons. The van der Waals surface area contributed by atoms with E-state index in [4.69, 9.17) is 0 Å². The smallest absolute Gasteiger partial charge is 0.123 e. The molecule has 4 heteroatoms. The number of nitrogens with one attached hydrogen (secondary N) is 1. The van der Waals surface area contributed by atoms with Crippen LogP contribution in [0.25, 0.3) is 10.1 Å². The van der Waals surface area contributed by atoms with Crippen molar-refractivity contribution >= 4 is 37.4 Å². The average Bonchev–Trinajstić information content (AvgIpc) is 2.91. The lowest BCUT2D eigenvalue weighted by Gasteiger charge is -2.18. The Kier molecular flexibility index (Phi) is 4.38. The first-order chi connectivity index (χ1) is 10.2. The van der Waals surface area contributed by atoms with E-state index < -0.39 is 0 Å². The molecule has 0 spiro atoms. The van der Waals surface area contributed by atoms with Crippen molar-refractivity contribution in [3.63, 3.8) is 0 Å². The molecular weight excluding hydrogens is 349 g/mol. The fourth-order valence-electron chi connectivity index (χ4n) is 2.56. The van der Waals surface area contributed by atoms with Gasteiger partial charge in [-0.3, -0.25) is 0 Å². The minimum Gasteiger partial charge on any atom is -0.313 e. The van der Waals surface area contributed by atoms with Crippen molar-refractivity contribution in [3.05, 3.63) is 69.3 Å². The summed E-state index contributed by atoms with van der Waals surface area (Å²) in [7, 11) is 1.91. The van der Waals surface area contributed by atoms with Gasteiger partial charge >= 0.3 is 0 Å². The summed E-state index contributed by atoms with van der Waals surface area (Å²) in [5.41, 5.74) is 2.25. The summed E-state index contributed by atoms with van der Waals surface area (Å²) < 4.78 is 15.8. The highest BCUT2D eigenvalue weighted by Crippen LogP contribution is 2.32. The summed E-state index contributed by atoms with van der Waals surface area (Å²) in [5.74, 6) is -0.205. The first-order valence-electron chi connectivity index (χ1n) is 6.76. The predicted molar refractivity (Wildman–Crippen MR) is 91.4 cm³/mol. The van der Waals surface area contributed by atoms with E-state index in [9.17, 15) is 4.39 Å². The third-order valence-corrected chi connectivity index (χ3v) is 5.40. The van der Waals surface area contributed by atoms with Gasteiger partial charge in [0.1, 0.15) is 5.82 Å². The number of likely N-dealkylation sites (N-methyl/N-ethyl adjacent to an activating group) is 1. The van der Waals surface area contributed by atoms with E-state index >= 15 is 0 Å². The first-order valence-corrected chi connectivity index (χ1v) is 8.43. The number of hydrogen-bond acceptors (Lipinski definition) is 2. The second-order valence-corrected chi connectivity index (χ2v) is 6.73. The van der Waals surface area contributed by atoms with E-state index in [1.54, 1.807) is 23.5 Å². The second kappa shape index (κ2) is 6.26. The molecule has 0 radical (unpaired) electrons. The van der Waals surface area contributed by atoms with Gasteiger partial charge in [0.05, 0.1) is 0 Å². The van der Waals surface area contributed by atoms with Gasteiger partial charge in [-0.05, 0) is 59.6 Å². The van der Waals surface area contributed by atoms with Crippen LogP contribution in [0.5, 0.6) is 0 Å². The second-order valence-electron chi connectivity index (χ2n) is 4.97. The summed E-state index contributed by atoms with van der Waals surface area (Å²) in [4.78, 5) is 0. The maximum absolute atomic E-state index is 13.5. The number of thiophene rings is 1. The molecule has 3 rings (SSSR count). The molecule has 0 bridgehead atoms. The summed E-state index contributed by atoms with van der Waals surface area (Å²) >= 11 is 5.28. The van der Waals surface area contributed by atoms with Gasteiger partial charge in [0, 0.05) is 15.2 Å². The summed E-state index contributed by atoms with van der Waals surface area (Å²) in [6, 6.07) is 13.3. The van der Waals surface area contributed by atoms with Crippen molar-refractivity contribution in [1.29, 1.82) is 0 Å². The molecular formula is C17H15BrFNS. The molecule has 21 heavy (non-hydrogen) atoms. The van der Waals surface area contributed by atoms with Crippen LogP contribution in [-0.4, -0.2) is 7.05 Å². The molecule has 0 saturated heterocycles. The molecule has 0 aliphatic heterocycles. The Morgan fingerprint density at radius 3 is 2.86 bits per heavy atom. The lowest BCUT2D eigenvalue weighted by atomic mass is 9.98. The molecule has 1 nitrogen and oxygen atoms in total. The summed E-state index contributed by atoms with van der Waals surface area (Å²) in [5, 5.41) is 6.78. The van der Waals surface area contributed by atoms with Crippen LogP contribution in [0.1, 0.15) is 17.2 Å². The molecule has 1 unspecified atom stereocenters. The van der Waals surface area contributed by atoms with Gasteiger partial charge in [0.25, 0.3) is 0 Å². The fourth-order valence-corrected chi connectivity index (χ4v) is 4.06. The normalized spacial score (nSPS) is 12.7. The molecule has 0 aliphatic carbocycles. The summed E-state index contributed by atoms with van der Waals surface area (Å²) in [6.07, 6.45) is 0.836. The monoisotopic (exact) mass is 363 g/mol. The van der Waals surface area contributed by atoms with E-state index in [-0.39, 0.29) is 11.9 Å². The van der Waals surface area contributed by atoms with Gasteiger partial charge in [-0.25, -0.2) is 4.39 Å². The van der Waals surface area contributed by atoms with Crippen LogP contribution in [-0.2, 0) is 6.42 Å². The SMILES string of the molecule is CNC(Cc1csc2ccccc12)c1cc(F)ccc1Br. The third kappa shape index (κ3) is 3.03. The maximum Gasteiger partial charge on any atom is 0.123 e. The Morgan fingerprint density at radius 2 is 2.05 bits per heavy atom. The number of fused-ring (bicyclic) bond motifs is 1. The molecule has 0 amide bonds. The third-order valence-electron chi connectivity index (χ3n) is 3.67. The molecule has 2 aromatic carbocycles. The van der Waals surface area contributed by atoms with Crippen LogP contribution >= 0.6 is 27.3 Å². The zero-order valence-corrected chi connectivity index (χ0v) is 14.0. The van der Waals surface area contributed by atoms with Crippen molar-refractivity contribution < 1.29 is 4.39 Å². The lowest BCUT2D eigenvalue weighted by molar-refractivity contribution is 0.577. The van der Waals surface area contributed by atoms with E-state index in [0.29, 0.717) is 0 Å². The zero-order valence-electron chi connectivity index (χ0n) is 11.6. The minimum atomic E-state index is -0.205. The van der Waals surface area contributed by atoms with Gasteiger partial charge in [0.15, 0.2) is 0 Å². The van der Waals surface area contributed by atoms with Crippen LogP contribution < -0.4 is 5.32 Å². The number of hydrogen-bond donors (Lipinski definition) is 1. The molecule has 3 aromatic rings. The quantitative estimate of drug-likeness (QED) is 0.662. The van der Waals surface area contributed by atoms with Crippen LogP contribution in [0.15, 0.2) is 52.3 Å². The Morgan fingerprint density at radius 1 is 1.24 bits per heavy atom. The first kappa shape index (κ1) is 14.7. The van der Waals surface area contributed by atoms with Gasteiger partial charge < -0.3 is 5.32 Å². The van der Waals surface area contributed by atoms with E-state index in [1.165, 1.54) is 21.7 Å². The molecule has 0 fully saturated rings. The number of halogens is 2. The zero-order chi connectivity index (χ0) is 14.8. The van der Waals surface area contributed by atoms with Crippen LogP contribution in [0.2, 0.25) is 0 Å². The topological polar surface area (TPSA) is 12.0 Å². The Bertz CT molecular complexity index is 768. The predicted octanol–water partition coefficient (Wildman–Crippen LogP) is 5.31. The van der Waals surface area contributed by atoms with Crippen molar-refractivity contribution in [2.24, 2.45) is 0 Å². The van der Waals surface area contributed by atoms with Crippen LogP contribution in [0.4, 0.5) is 4.39 Å². The fraction of sp³-hybridized carbons (Fsp3) is 0.176. The highest BCUT2D eigenvalue weighted by molar-refractivity contribution is 9.10. The highest BCUT2D eigenvalue weighted by Gasteiger charge is 2.16. The Hall–Kier alpha value is -1.23. The maximum atomic E-state index is 13.5. The Labute approximate surface area is 135 Å². The van der Waals surface area contributed by atoms with Crippen molar-refractivity contribution in [2.75, 3.05) is 7.05 Å². The van der Waals surface area contributed by atoms with Gasteiger partial charge in [-0.2, -0.15) is 0 Å². The molecule has 1 atom stereocenters. The minimum absolute atomic E-state index is 0.0769. The van der Waals surface area contributed by atoms with E-state index in [1.807, 2.05) is 7.05 Å². The summed E-state index contributed by atoms with van der Waals surface area (Å²) in [6.45, 7) is 0. The van der Waals surface area contributed by atoms with Gasteiger partial charge in [-0.15, -0.1) is 11.3 Å². The van der Waals surface area contributed by atoms with Crippen molar-refractivity contribution in [2.45, 2.75) is 12.5 Å². The molecule has 1 heterocycles. The molecule has 1 N–H and O–H groups in total. The average molecular weight is 364 g/mol. The highest BCUT2D eigenvalue weighted by atomic mass is 79.9. The Balaban J connectivity index is 1.96. The largest absolute Gasteiger partial charge is 0.313 e. The molecule has 0 saturated carbocycles. The van der Waals surface area contributed by atoms with Crippen LogP contribution in [0, 0.1) is 5.82 Å². The standard InChI is InChI=1S/C17H15BrFNS/c1-20-16(14-9-12(19)6-7-15(14)18)8-11-10-21-17-5-3-2-4-13(11)17/h2-7,9-10,16,20H,8H2,1H3.